The quantitative estimate of drug-likeness (QED) is 0.867. The van der Waals surface area contributed by atoms with Crippen LogP contribution in [0.5, 0.6) is 11.5 Å². The first kappa shape index (κ1) is 12.3. The van der Waals surface area contributed by atoms with Crippen LogP contribution in [-0.4, -0.2) is 18.3 Å². The van der Waals surface area contributed by atoms with Crippen LogP contribution >= 0.6 is 15.9 Å². The van der Waals surface area contributed by atoms with E-state index in [1.54, 1.807) is 0 Å². The number of phenolic OH excluding ortho intramolecular Hbond substituents is 1. The molecule has 0 amide bonds. The highest BCUT2D eigenvalue weighted by Gasteiger charge is 2.08. The first-order chi connectivity index (χ1) is 7.19. The molecule has 0 fully saturated rings. The Balaban J connectivity index is 2.90. The molecular formula is C11H16BrNO2. The third-order valence-corrected chi connectivity index (χ3v) is 2.57. The normalized spacial score (nSPS) is 10.3. The Morgan fingerprint density at radius 3 is 2.73 bits per heavy atom. The number of nitrogens with one attached hydrogen (secondary N) is 1. The lowest BCUT2D eigenvalue weighted by Crippen LogP contribution is -2.11. The number of phenols is 1. The van der Waals surface area contributed by atoms with Crippen LogP contribution < -0.4 is 10.1 Å². The number of benzene rings is 1. The number of rotatable bonds is 5. The third kappa shape index (κ3) is 3.39. The van der Waals surface area contributed by atoms with Crippen molar-refractivity contribution in [1.82, 2.24) is 5.32 Å². The van der Waals surface area contributed by atoms with Gasteiger partial charge in [-0.15, -0.1) is 0 Å². The van der Waals surface area contributed by atoms with Crippen LogP contribution in [0.3, 0.4) is 0 Å². The average molecular weight is 274 g/mol. The van der Waals surface area contributed by atoms with Crippen molar-refractivity contribution in [2.24, 2.45) is 0 Å². The number of halogens is 1. The van der Waals surface area contributed by atoms with Crippen molar-refractivity contribution in [3.63, 3.8) is 0 Å². The molecule has 4 heteroatoms. The van der Waals surface area contributed by atoms with Gasteiger partial charge in [-0.2, -0.15) is 0 Å². The molecule has 0 aliphatic rings. The van der Waals surface area contributed by atoms with E-state index in [9.17, 15) is 5.11 Å². The van der Waals surface area contributed by atoms with Crippen molar-refractivity contribution >= 4 is 15.9 Å². The SMILES string of the molecule is CCNCc1cc(Br)c(O)c(OCC)c1. The van der Waals surface area contributed by atoms with Gasteiger partial charge in [-0.1, -0.05) is 6.92 Å². The van der Waals surface area contributed by atoms with Gasteiger partial charge in [0.1, 0.15) is 0 Å². The molecule has 0 bridgehead atoms. The van der Waals surface area contributed by atoms with Crippen LogP contribution in [0.25, 0.3) is 0 Å². The Kier molecular flexibility index (Phi) is 4.91. The highest BCUT2D eigenvalue weighted by Crippen LogP contribution is 2.35. The van der Waals surface area contributed by atoms with Crippen molar-refractivity contribution in [3.05, 3.63) is 22.2 Å². The fourth-order valence-electron chi connectivity index (χ4n) is 1.26. The molecule has 0 spiro atoms. The first-order valence-corrected chi connectivity index (χ1v) is 5.83. The van der Waals surface area contributed by atoms with E-state index in [-0.39, 0.29) is 5.75 Å². The van der Waals surface area contributed by atoms with E-state index >= 15 is 0 Å². The summed E-state index contributed by atoms with van der Waals surface area (Å²) < 4.78 is 6.00. The molecular weight excluding hydrogens is 258 g/mol. The van der Waals surface area contributed by atoms with E-state index in [0.29, 0.717) is 16.8 Å². The van der Waals surface area contributed by atoms with Crippen molar-refractivity contribution in [2.45, 2.75) is 20.4 Å². The molecule has 0 aromatic heterocycles. The molecule has 0 atom stereocenters. The second kappa shape index (κ2) is 5.98. The summed E-state index contributed by atoms with van der Waals surface area (Å²) in [5, 5.41) is 12.9. The zero-order chi connectivity index (χ0) is 11.3. The second-order valence-corrected chi connectivity index (χ2v) is 3.99. The van der Waals surface area contributed by atoms with Gasteiger partial charge in [-0.05, 0) is 47.1 Å². The Morgan fingerprint density at radius 1 is 1.40 bits per heavy atom. The Bertz CT molecular complexity index is 329. The van der Waals surface area contributed by atoms with Crippen molar-refractivity contribution in [1.29, 1.82) is 0 Å². The number of hydrogen-bond acceptors (Lipinski definition) is 3. The summed E-state index contributed by atoms with van der Waals surface area (Å²) in [5.41, 5.74) is 1.09. The highest BCUT2D eigenvalue weighted by atomic mass is 79.9. The smallest absolute Gasteiger partial charge is 0.172 e. The third-order valence-electron chi connectivity index (χ3n) is 1.97. The minimum absolute atomic E-state index is 0.164. The van der Waals surface area contributed by atoms with Gasteiger partial charge in [0, 0.05) is 6.54 Å². The molecule has 1 rings (SSSR count). The maximum Gasteiger partial charge on any atom is 0.172 e. The topological polar surface area (TPSA) is 41.5 Å². The van der Waals surface area contributed by atoms with E-state index in [4.69, 9.17) is 4.74 Å². The van der Waals surface area contributed by atoms with Gasteiger partial charge in [0.15, 0.2) is 11.5 Å². The van der Waals surface area contributed by atoms with Crippen LogP contribution in [0, 0.1) is 0 Å². The van der Waals surface area contributed by atoms with Crippen molar-refractivity contribution < 1.29 is 9.84 Å². The minimum Gasteiger partial charge on any atom is -0.503 e. The number of hydrogen-bond donors (Lipinski definition) is 2. The van der Waals surface area contributed by atoms with E-state index in [0.717, 1.165) is 18.7 Å². The fourth-order valence-corrected chi connectivity index (χ4v) is 1.75. The molecule has 0 heterocycles. The van der Waals surface area contributed by atoms with Gasteiger partial charge in [-0.25, -0.2) is 0 Å². The summed E-state index contributed by atoms with van der Waals surface area (Å²) in [6.07, 6.45) is 0. The summed E-state index contributed by atoms with van der Waals surface area (Å²) >= 11 is 3.30. The molecule has 0 aliphatic heterocycles. The van der Waals surface area contributed by atoms with Crippen LogP contribution in [0.4, 0.5) is 0 Å². The predicted octanol–water partition coefficient (Wildman–Crippen LogP) is 2.66. The summed E-state index contributed by atoms with van der Waals surface area (Å²) in [6.45, 7) is 6.19. The maximum absolute atomic E-state index is 9.69. The average Bonchev–Trinajstić information content (AvgIpc) is 2.22. The number of aromatic hydroxyl groups is 1. The van der Waals surface area contributed by atoms with Crippen LogP contribution in [0.2, 0.25) is 0 Å². The zero-order valence-corrected chi connectivity index (χ0v) is 10.6. The van der Waals surface area contributed by atoms with Gasteiger partial charge >= 0.3 is 0 Å². The maximum atomic E-state index is 9.69. The van der Waals surface area contributed by atoms with E-state index in [1.165, 1.54) is 0 Å². The van der Waals surface area contributed by atoms with Gasteiger partial charge < -0.3 is 15.2 Å². The molecule has 15 heavy (non-hydrogen) atoms. The number of ether oxygens (including phenoxy) is 1. The zero-order valence-electron chi connectivity index (χ0n) is 9.01. The molecule has 0 saturated carbocycles. The predicted molar refractivity (Wildman–Crippen MR) is 64.4 cm³/mol. The first-order valence-electron chi connectivity index (χ1n) is 5.03. The van der Waals surface area contributed by atoms with Crippen molar-refractivity contribution in [2.75, 3.05) is 13.2 Å². The van der Waals surface area contributed by atoms with Gasteiger partial charge in [0.05, 0.1) is 11.1 Å². The van der Waals surface area contributed by atoms with E-state index in [2.05, 4.69) is 28.2 Å². The van der Waals surface area contributed by atoms with Crippen LogP contribution in [-0.2, 0) is 6.54 Å². The monoisotopic (exact) mass is 273 g/mol. The largest absolute Gasteiger partial charge is 0.503 e. The fraction of sp³-hybridized carbons (Fsp3) is 0.455. The Labute approximate surface area is 98.6 Å². The van der Waals surface area contributed by atoms with E-state index < -0.39 is 0 Å². The molecule has 2 N–H and O–H groups in total. The molecule has 1 aromatic carbocycles. The lowest BCUT2D eigenvalue weighted by atomic mass is 10.2. The summed E-state index contributed by atoms with van der Waals surface area (Å²) in [4.78, 5) is 0. The summed E-state index contributed by atoms with van der Waals surface area (Å²) in [7, 11) is 0. The van der Waals surface area contributed by atoms with E-state index in [1.807, 2.05) is 19.1 Å². The lowest BCUT2D eigenvalue weighted by molar-refractivity contribution is 0.317. The Morgan fingerprint density at radius 2 is 2.13 bits per heavy atom. The highest BCUT2D eigenvalue weighted by molar-refractivity contribution is 9.10. The lowest BCUT2D eigenvalue weighted by Gasteiger charge is -2.10. The van der Waals surface area contributed by atoms with Crippen LogP contribution in [0.1, 0.15) is 19.4 Å². The minimum atomic E-state index is 0.164. The summed E-state index contributed by atoms with van der Waals surface area (Å²) in [6, 6.07) is 3.74. The van der Waals surface area contributed by atoms with Crippen molar-refractivity contribution in [3.8, 4) is 11.5 Å². The summed E-state index contributed by atoms with van der Waals surface area (Å²) in [5.74, 6) is 0.692. The molecule has 0 aliphatic carbocycles. The molecule has 0 radical (unpaired) electrons. The van der Waals surface area contributed by atoms with Gasteiger partial charge in [0.2, 0.25) is 0 Å². The molecule has 3 nitrogen and oxygen atoms in total. The van der Waals surface area contributed by atoms with Gasteiger partial charge in [0.25, 0.3) is 0 Å². The standard InChI is InChI=1S/C11H16BrNO2/c1-3-13-7-8-5-9(12)11(14)10(6-8)15-4-2/h5-6,13-14H,3-4,7H2,1-2H3. The second-order valence-electron chi connectivity index (χ2n) is 3.14. The molecule has 0 saturated heterocycles. The molecule has 1 aromatic rings. The van der Waals surface area contributed by atoms with Gasteiger partial charge in [-0.3, -0.25) is 0 Å². The Hall–Kier alpha value is -0.740. The van der Waals surface area contributed by atoms with Crippen LogP contribution in [0.15, 0.2) is 16.6 Å². The molecule has 84 valence electrons. The molecule has 0 unspecified atom stereocenters.